The third kappa shape index (κ3) is 31.7. The number of allylic oxidation sites excluding steroid dienone is 5. The second-order valence-electron chi connectivity index (χ2n) is 17.5. The summed E-state index contributed by atoms with van der Waals surface area (Å²) in [6.45, 7) is 4.13. The fourth-order valence-corrected chi connectivity index (χ4v) is 7.71. The second-order valence-corrected chi connectivity index (χ2v) is 17.5. The van der Waals surface area contributed by atoms with Crippen LogP contribution in [0.5, 0.6) is 0 Å². The lowest BCUT2D eigenvalue weighted by Gasteiger charge is -2.40. The topological polar surface area (TPSA) is 175 Å². The van der Waals surface area contributed by atoms with Gasteiger partial charge >= 0.3 is 5.97 Å². The van der Waals surface area contributed by atoms with Crippen molar-refractivity contribution in [3.63, 3.8) is 0 Å². The van der Waals surface area contributed by atoms with Gasteiger partial charge in [0.1, 0.15) is 24.4 Å². The average Bonchev–Trinajstić information content (AvgIpc) is 3.27. The Hall–Kier alpha value is -2.12. The lowest BCUT2D eigenvalue weighted by molar-refractivity contribution is -0.302. The third-order valence-electron chi connectivity index (χ3n) is 11.7. The van der Waals surface area contributed by atoms with Gasteiger partial charge in [-0.15, -0.1) is 0 Å². The normalized spacial score (nSPS) is 20.4. The number of carbonyl (C=O) groups is 2. The number of aliphatic hydroxyl groups is 5. The van der Waals surface area contributed by atoms with Gasteiger partial charge in [0.05, 0.1) is 32.0 Å². The minimum Gasteiger partial charge on any atom is -0.466 e. The molecule has 0 bridgehead atoms. The minimum absolute atomic E-state index is 0.0307. The minimum atomic E-state index is -1.58. The zero-order chi connectivity index (χ0) is 45.3. The van der Waals surface area contributed by atoms with Gasteiger partial charge < -0.3 is 45.1 Å². The molecule has 0 aromatic rings. The van der Waals surface area contributed by atoms with Crippen LogP contribution in [0.15, 0.2) is 36.5 Å². The van der Waals surface area contributed by atoms with E-state index in [1.807, 2.05) is 6.08 Å². The van der Waals surface area contributed by atoms with Gasteiger partial charge in [-0.25, -0.2) is 0 Å². The standard InChI is InChI=1S/C51H93NO10/c1-3-5-7-9-11-13-18-23-27-31-35-39-47(56)60-40-36-32-28-24-20-17-15-16-19-22-26-30-34-38-46(55)52-43(42-61-51-50(59)49(58)48(57)45(41-53)62-51)44(54)37-33-29-25-21-14-12-10-8-6-4-2/h6,8,14,21,33,37,43-45,48-51,53-54,57-59H,3-5,7,9-13,15-20,22-32,34-36,38-42H2,1-2H3,(H,52,55)/b8-6+,21-14+,37-33+. The Morgan fingerprint density at radius 1 is 0.597 bits per heavy atom. The number of aliphatic hydroxyl groups excluding tert-OH is 5. The number of carbonyl (C=O) groups excluding carboxylic acids is 2. The Morgan fingerprint density at radius 3 is 1.58 bits per heavy atom. The van der Waals surface area contributed by atoms with Gasteiger partial charge in [0.15, 0.2) is 6.29 Å². The monoisotopic (exact) mass is 880 g/mol. The highest BCUT2D eigenvalue weighted by Gasteiger charge is 2.44. The van der Waals surface area contributed by atoms with E-state index in [1.54, 1.807) is 6.08 Å². The molecule has 0 radical (unpaired) electrons. The molecule has 1 rings (SSSR count). The van der Waals surface area contributed by atoms with Gasteiger partial charge in [-0.05, 0) is 51.4 Å². The fourth-order valence-electron chi connectivity index (χ4n) is 7.71. The van der Waals surface area contributed by atoms with Gasteiger partial charge in [0.25, 0.3) is 0 Å². The first kappa shape index (κ1) is 57.9. The smallest absolute Gasteiger partial charge is 0.305 e. The summed E-state index contributed by atoms with van der Waals surface area (Å²) in [5.41, 5.74) is 0. The largest absolute Gasteiger partial charge is 0.466 e. The van der Waals surface area contributed by atoms with Gasteiger partial charge in [0, 0.05) is 12.8 Å². The van der Waals surface area contributed by atoms with Crippen LogP contribution in [0, 0.1) is 0 Å². The molecule has 1 aliphatic rings. The number of esters is 1. The molecule has 7 unspecified atom stereocenters. The van der Waals surface area contributed by atoms with Crippen LogP contribution in [0.1, 0.15) is 213 Å². The fraction of sp³-hybridized carbons (Fsp3) is 0.843. The summed E-state index contributed by atoms with van der Waals surface area (Å²) < 4.78 is 16.6. The van der Waals surface area contributed by atoms with E-state index in [0.29, 0.717) is 25.9 Å². The van der Waals surface area contributed by atoms with Gasteiger partial charge in [-0.2, -0.15) is 0 Å². The molecule has 0 aromatic carbocycles. The van der Waals surface area contributed by atoms with E-state index in [2.05, 4.69) is 43.5 Å². The quantitative estimate of drug-likeness (QED) is 0.0197. The first-order valence-corrected chi connectivity index (χ1v) is 25.3. The summed E-state index contributed by atoms with van der Waals surface area (Å²) in [7, 11) is 0. The summed E-state index contributed by atoms with van der Waals surface area (Å²) >= 11 is 0. The molecule has 0 aliphatic carbocycles. The molecule has 0 aromatic heterocycles. The molecule has 6 N–H and O–H groups in total. The summed E-state index contributed by atoms with van der Waals surface area (Å²) in [6.07, 6.45) is 38.0. The van der Waals surface area contributed by atoms with Crippen molar-refractivity contribution >= 4 is 11.9 Å². The van der Waals surface area contributed by atoms with E-state index in [9.17, 15) is 35.1 Å². The summed E-state index contributed by atoms with van der Waals surface area (Å²) in [4.78, 5) is 25.0. The predicted molar refractivity (Wildman–Crippen MR) is 251 cm³/mol. The number of hydrogen-bond acceptors (Lipinski definition) is 10. The van der Waals surface area contributed by atoms with Crippen molar-refractivity contribution in [2.45, 2.75) is 256 Å². The van der Waals surface area contributed by atoms with Crippen LogP contribution in [0.2, 0.25) is 0 Å². The van der Waals surface area contributed by atoms with E-state index >= 15 is 0 Å². The molecule has 11 nitrogen and oxygen atoms in total. The molecule has 0 saturated carbocycles. The molecule has 1 aliphatic heterocycles. The van der Waals surface area contributed by atoms with Crippen LogP contribution in [0.3, 0.4) is 0 Å². The van der Waals surface area contributed by atoms with E-state index in [1.165, 1.54) is 103 Å². The van der Waals surface area contributed by atoms with E-state index in [4.69, 9.17) is 14.2 Å². The van der Waals surface area contributed by atoms with Crippen LogP contribution in [0.4, 0.5) is 0 Å². The molecule has 1 heterocycles. The van der Waals surface area contributed by atoms with Crippen LogP contribution in [-0.4, -0.2) is 100 Å². The van der Waals surface area contributed by atoms with Crippen molar-refractivity contribution in [1.82, 2.24) is 5.32 Å². The van der Waals surface area contributed by atoms with Crippen molar-refractivity contribution in [1.29, 1.82) is 0 Å². The first-order valence-electron chi connectivity index (χ1n) is 25.3. The molecule has 362 valence electrons. The number of amides is 1. The number of rotatable bonds is 42. The summed E-state index contributed by atoms with van der Waals surface area (Å²) in [5, 5.41) is 54.0. The Bertz CT molecular complexity index is 1130. The lowest BCUT2D eigenvalue weighted by atomic mass is 9.99. The zero-order valence-electron chi connectivity index (χ0n) is 39.3. The van der Waals surface area contributed by atoms with E-state index in [0.717, 1.165) is 77.0 Å². The van der Waals surface area contributed by atoms with Crippen molar-refractivity contribution in [3.8, 4) is 0 Å². The maximum Gasteiger partial charge on any atom is 0.305 e. The summed E-state index contributed by atoms with van der Waals surface area (Å²) in [6, 6.07) is -0.842. The average molecular weight is 880 g/mol. The van der Waals surface area contributed by atoms with Crippen LogP contribution < -0.4 is 5.32 Å². The maximum atomic E-state index is 12.9. The SMILES string of the molecule is CC/C=C/CC/C=C/CC/C=C/C(O)C(COC1OC(CO)C(O)C(O)C1O)NC(=O)CCCCCCCCCCCCCCCOC(=O)CCCCCCCCCCCCC. The molecule has 1 amide bonds. The van der Waals surface area contributed by atoms with Crippen molar-refractivity contribution in [3.05, 3.63) is 36.5 Å². The molecule has 7 atom stereocenters. The number of hydrogen-bond donors (Lipinski definition) is 6. The van der Waals surface area contributed by atoms with Crippen LogP contribution in [0.25, 0.3) is 0 Å². The van der Waals surface area contributed by atoms with Crippen molar-refractivity contribution in [2.24, 2.45) is 0 Å². The maximum absolute atomic E-state index is 12.9. The molecular formula is C51H93NO10. The Balaban J connectivity index is 2.17. The molecule has 11 heteroatoms. The number of unbranched alkanes of at least 4 members (excludes halogenated alkanes) is 24. The Morgan fingerprint density at radius 2 is 1.06 bits per heavy atom. The third-order valence-corrected chi connectivity index (χ3v) is 11.7. The highest BCUT2D eigenvalue weighted by molar-refractivity contribution is 5.76. The molecule has 1 saturated heterocycles. The van der Waals surface area contributed by atoms with E-state index < -0.39 is 49.5 Å². The first-order chi connectivity index (χ1) is 30.2. The zero-order valence-corrected chi connectivity index (χ0v) is 39.3. The number of nitrogens with one attached hydrogen (secondary N) is 1. The van der Waals surface area contributed by atoms with E-state index in [-0.39, 0.29) is 18.5 Å². The van der Waals surface area contributed by atoms with Gasteiger partial charge in [0.2, 0.25) is 5.91 Å². The Kier molecular flexibility index (Phi) is 38.8. The molecule has 0 spiro atoms. The highest BCUT2D eigenvalue weighted by atomic mass is 16.7. The molecular weight excluding hydrogens is 787 g/mol. The van der Waals surface area contributed by atoms with Gasteiger partial charge in [-0.1, -0.05) is 185 Å². The molecule has 62 heavy (non-hydrogen) atoms. The molecule has 1 fully saturated rings. The van der Waals surface area contributed by atoms with Crippen LogP contribution >= 0.6 is 0 Å². The lowest BCUT2D eigenvalue weighted by Crippen LogP contribution is -2.60. The van der Waals surface area contributed by atoms with Gasteiger partial charge in [-0.3, -0.25) is 9.59 Å². The Labute approximate surface area is 377 Å². The summed E-state index contributed by atoms with van der Waals surface area (Å²) in [5.74, 6) is -0.243. The predicted octanol–water partition coefficient (Wildman–Crippen LogP) is 9.99. The number of ether oxygens (including phenoxy) is 3. The van der Waals surface area contributed by atoms with Crippen LogP contribution in [-0.2, 0) is 23.8 Å². The van der Waals surface area contributed by atoms with Crippen molar-refractivity contribution < 1.29 is 49.3 Å². The second kappa shape index (κ2) is 41.6. The highest BCUT2D eigenvalue weighted by Crippen LogP contribution is 2.23. The van der Waals surface area contributed by atoms with Crippen molar-refractivity contribution in [2.75, 3.05) is 19.8 Å².